The summed E-state index contributed by atoms with van der Waals surface area (Å²) in [4.78, 5) is 11.9. The zero-order chi connectivity index (χ0) is 13.4. The van der Waals surface area contributed by atoms with Crippen LogP contribution in [0.1, 0.15) is 19.8 Å². The number of carbonyl (C=O) groups is 1. The van der Waals surface area contributed by atoms with Gasteiger partial charge in [-0.1, -0.05) is 18.2 Å². The number of hydrogen-bond donors (Lipinski definition) is 1. The Morgan fingerprint density at radius 2 is 2.00 bits per heavy atom. The number of para-hydroxylation sites is 1. The molecule has 2 aliphatic rings. The smallest absolute Gasteiger partial charge is 0.347 e. The highest BCUT2D eigenvalue weighted by Gasteiger charge is 2.55. The molecule has 102 valence electrons. The number of ether oxygens (including phenoxy) is 2. The number of fused-ring (bicyclic) bond motifs is 1. The van der Waals surface area contributed by atoms with Crippen LogP contribution in [0.25, 0.3) is 0 Å². The van der Waals surface area contributed by atoms with Gasteiger partial charge in [-0.2, -0.15) is 0 Å². The van der Waals surface area contributed by atoms with Crippen LogP contribution in [0.2, 0.25) is 0 Å². The number of benzene rings is 1. The maximum Gasteiger partial charge on any atom is 0.347 e. The molecule has 0 amide bonds. The number of esters is 1. The fourth-order valence-corrected chi connectivity index (χ4v) is 2.83. The molecule has 2 fully saturated rings. The lowest BCUT2D eigenvalue weighted by Crippen LogP contribution is -2.30. The van der Waals surface area contributed by atoms with E-state index in [9.17, 15) is 9.90 Å². The van der Waals surface area contributed by atoms with E-state index < -0.39 is 6.10 Å². The van der Waals surface area contributed by atoms with Gasteiger partial charge in [0.2, 0.25) is 0 Å². The second kappa shape index (κ2) is 4.85. The van der Waals surface area contributed by atoms with E-state index in [4.69, 9.17) is 9.47 Å². The zero-order valence-corrected chi connectivity index (χ0v) is 10.9. The molecule has 3 rings (SSSR count). The summed E-state index contributed by atoms with van der Waals surface area (Å²) in [6, 6.07) is 9.22. The van der Waals surface area contributed by atoms with Crippen LogP contribution in [0.4, 0.5) is 0 Å². The first-order valence-corrected chi connectivity index (χ1v) is 6.75. The number of rotatable bonds is 4. The van der Waals surface area contributed by atoms with Crippen molar-refractivity contribution in [3.8, 4) is 5.75 Å². The molecular weight excluding hydrogens is 244 g/mol. The lowest BCUT2D eigenvalue weighted by atomic mass is 10.2. The van der Waals surface area contributed by atoms with E-state index in [0.717, 1.165) is 6.42 Å². The van der Waals surface area contributed by atoms with Gasteiger partial charge >= 0.3 is 5.97 Å². The van der Waals surface area contributed by atoms with E-state index in [0.29, 0.717) is 24.0 Å². The third-order valence-corrected chi connectivity index (χ3v) is 3.99. The minimum absolute atomic E-state index is 0.130. The van der Waals surface area contributed by atoms with Crippen molar-refractivity contribution in [3.05, 3.63) is 30.3 Å². The summed E-state index contributed by atoms with van der Waals surface area (Å²) < 4.78 is 11.0. The Bertz CT molecular complexity index is 458. The van der Waals surface area contributed by atoms with Crippen LogP contribution < -0.4 is 4.74 Å². The highest BCUT2D eigenvalue weighted by atomic mass is 16.6. The summed E-state index contributed by atoms with van der Waals surface area (Å²) >= 11 is 0. The summed E-state index contributed by atoms with van der Waals surface area (Å²) in [5.41, 5.74) is 0. The third-order valence-electron chi connectivity index (χ3n) is 3.99. The molecule has 1 aromatic rings. The first kappa shape index (κ1) is 12.5. The fraction of sp³-hybridized carbons (Fsp3) is 0.533. The zero-order valence-electron chi connectivity index (χ0n) is 10.9. The van der Waals surface area contributed by atoms with Gasteiger partial charge in [0, 0.05) is 12.3 Å². The number of aliphatic hydroxyl groups excluding tert-OH is 1. The lowest BCUT2D eigenvalue weighted by molar-refractivity contribution is -0.157. The van der Waals surface area contributed by atoms with Crippen LogP contribution in [-0.2, 0) is 9.53 Å². The minimum Gasteiger partial charge on any atom is -0.479 e. The summed E-state index contributed by atoms with van der Waals surface area (Å²) in [5, 5.41) is 9.67. The maximum absolute atomic E-state index is 11.9. The second-order valence-corrected chi connectivity index (χ2v) is 5.41. The molecule has 19 heavy (non-hydrogen) atoms. The Balaban J connectivity index is 1.53. The molecule has 5 atom stereocenters. The molecule has 4 nitrogen and oxygen atoms in total. The molecule has 0 bridgehead atoms. The van der Waals surface area contributed by atoms with Gasteiger partial charge in [0.1, 0.15) is 11.9 Å². The van der Waals surface area contributed by atoms with Crippen LogP contribution in [-0.4, -0.2) is 29.4 Å². The molecule has 0 heterocycles. The summed E-state index contributed by atoms with van der Waals surface area (Å²) in [5.74, 6) is 1.02. The van der Waals surface area contributed by atoms with Crippen molar-refractivity contribution in [3.63, 3.8) is 0 Å². The summed E-state index contributed by atoms with van der Waals surface area (Å²) in [7, 11) is 0. The molecule has 2 aliphatic carbocycles. The van der Waals surface area contributed by atoms with Gasteiger partial charge in [-0.05, 0) is 31.4 Å². The largest absolute Gasteiger partial charge is 0.479 e. The summed E-state index contributed by atoms with van der Waals surface area (Å²) in [6.45, 7) is 1.69. The fourth-order valence-electron chi connectivity index (χ4n) is 2.83. The number of carbonyl (C=O) groups excluding carboxylic acids is 1. The van der Waals surface area contributed by atoms with Crippen molar-refractivity contribution in [1.82, 2.24) is 0 Å². The van der Waals surface area contributed by atoms with Crippen LogP contribution in [0.15, 0.2) is 30.3 Å². The molecule has 1 N–H and O–H groups in total. The van der Waals surface area contributed by atoms with Gasteiger partial charge in [0.15, 0.2) is 6.10 Å². The van der Waals surface area contributed by atoms with Crippen LogP contribution in [0, 0.1) is 11.8 Å². The predicted molar refractivity (Wildman–Crippen MR) is 68.6 cm³/mol. The van der Waals surface area contributed by atoms with Gasteiger partial charge in [0.05, 0.1) is 6.10 Å². The van der Waals surface area contributed by atoms with Gasteiger partial charge in [-0.25, -0.2) is 4.79 Å². The van der Waals surface area contributed by atoms with Crippen molar-refractivity contribution in [2.24, 2.45) is 11.8 Å². The standard InChI is InChI=1S/C15H18O4/c1-9(18-10-5-3-2-4-6-10)15(17)19-14-8-13(16)11-7-12(11)14/h2-6,9,11-14,16H,7-8H2,1H3/t9-,11-,12+,13-,14+/m0/s1. The molecule has 0 saturated heterocycles. The Morgan fingerprint density at radius 3 is 2.58 bits per heavy atom. The van der Waals surface area contributed by atoms with Crippen molar-refractivity contribution >= 4 is 5.97 Å². The van der Waals surface area contributed by atoms with Gasteiger partial charge in [-0.15, -0.1) is 0 Å². The Morgan fingerprint density at radius 1 is 1.26 bits per heavy atom. The molecule has 1 aromatic carbocycles. The average molecular weight is 262 g/mol. The van der Waals surface area contributed by atoms with Crippen LogP contribution in [0.3, 0.4) is 0 Å². The maximum atomic E-state index is 11.9. The topological polar surface area (TPSA) is 55.8 Å². The molecule has 0 radical (unpaired) electrons. The van der Waals surface area contributed by atoms with Gasteiger partial charge in [-0.3, -0.25) is 0 Å². The van der Waals surface area contributed by atoms with E-state index in [1.54, 1.807) is 19.1 Å². The van der Waals surface area contributed by atoms with E-state index in [2.05, 4.69) is 0 Å². The van der Waals surface area contributed by atoms with E-state index in [1.807, 2.05) is 18.2 Å². The van der Waals surface area contributed by atoms with Crippen molar-refractivity contribution < 1.29 is 19.4 Å². The highest BCUT2D eigenvalue weighted by molar-refractivity contribution is 5.75. The van der Waals surface area contributed by atoms with Gasteiger partial charge in [0.25, 0.3) is 0 Å². The van der Waals surface area contributed by atoms with E-state index in [-0.39, 0.29) is 18.2 Å². The molecule has 0 aliphatic heterocycles. The van der Waals surface area contributed by atoms with Crippen LogP contribution in [0.5, 0.6) is 5.75 Å². The minimum atomic E-state index is -0.627. The monoisotopic (exact) mass is 262 g/mol. The molecule has 0 aromatic heterocycles. The Labute approximate surface area is 112 Å². The summed E-state index contributed by atoms with van der Waals surface area (Å²) in [6.07, 6.45) is 0.492. The predicted octanol–water partition coefficient (Wildman–Crippen LogP) is 1.77. The Hall–Kier alpha value is -1.55. The van der Waals surface area contributed by atoms with Crippen molar-refractivity contribution in [1.29, 1.82) is 0 Å². The van der Waals surface area contributed by atoms with Crippen molar-refractivity contribution in [2.45, 2.75) is 38.1 Å². The molecule has 4 heteroatoms. The quantitative estimate of drug-likeness (QED) is 0.840. The first-order chi connectivity index (χ1) is 9.15. The third kappa shape index (κ3) is 2.59. The van der Waals surface area contributed by atoms with Crippen LogP contribution >= 0.6 is 0 Å². The lowest BCUT2D eigenvalue weighted by Gasteiger charge is -2.18. The highest BCUT2D eigenvalue weighted by Crippen LogP contribution is 2.53. The molecular formula is C15H18O4. The Kier molecular flexibility index (Phi) is 3.19. The number of aliphatic hydroxyl groups is 1. The number of hydrogen-bond acceptors (Lipinski definition) is 4. The first-order valence-electron chi connectivity index (χ1n) is 6.75. The average Bonchev–Trinajstić information content (AvgIpc) is 3.13. The van der Waals surface area contributed by atoms with E-state index in [1.165, 1.54) is 0 Å². The van der Waals surface area contributed by atoms with Gasteiger partial charge < -0.3 is 14.6 Å². The van der Waals surface area contributed by atoms with Crippen molar-refractivity contribution in [2.75, 3.05) is 0 Å². The molecule has 2 saturated carbocycles. The molecule has 0 unspecified atom stereocenters. The molecule has 0 spiro atoms. The normalized spacial score (nSPS) is 33.4. The SMILES string of the molecule is C[C@H](Oc1ccccc1)C(=O)O[C@@H]1C[C@H](O)[C@H]2C[C@H]21. The van der Waals surface area contributed by atoms with E-state index >= 15 is 0 Å². The second-order valence-electron chi connectivity index (χ2n) is 5.41.